The van der Waals surface area contributed by atoms with Crippen molar-refractivity contribution in [3.05, 3.63) is 51.2 Å². The summed E-state index contributed by atoms with van der Waals surface area (Å²) in [5.41, 5.74) is 6.62. The van der Waals surface area contributed by atoms with Crippen LogP contribution in [0.5, 0.6) is 5.75 Å². The Morgan fingerprint density at radius 2 is 2.10 bits per heavy atom. The van der Waals surface area contributed by atoms with E-state index in [0.29, 0.717) is 22.1 Å². The van der Waals surface area contributed by atoms with E-state index in [1.807, 2.05) is 6.07 Å². The molecule has 0 bridgehead atoms. The lowest BCUT2D eigenvalue weighted by molar-refractivity contribution is 0.0818. The Bertz CT molecular complexity index is 872. The molecule has 1 atom stereocenters. The fourth-order valence-corrected chi connectivity index (χ4v) is 4.23. The second-order valence-electron chi connectivity index (χ2n) is 7.02. The Hall–Kier alpha value is -2.68. The van der Waals surface area contributed by atoms with Crippen LogP contribution in [0, 0.1) is 5.92 Å². The molecule has 1 aliphatic carbocycles. The SMILES string of the molecule is CC1CCc2sc(C(=O)NNC(=O)NCc3cccc(OCC(F)F)c3)cc2C1. The minimum Gasteiger partial charge on any atom is -0.488 e. The van der Waals surface area contributed by atoms with Gasteiger partial charge in [-0.1, -0.05) is 19.1 Å². The summed E-state index contributed by atoms with van der Waals surface area (Å²) in [4.78, 5) is 26.0. The average molecular weight is 423 g/mol. The third-order valence-corrected chi connectivity index (χ3v) is 5.81. The van der Waals surface area contributed by atoms with Gasteiger partial charge in [-0.2, -0.15) is 0 Å². The Kier molecular flexibility index (Phi) is 7.03. The van der Waals surface area contributed by atoms with E-state index in [4.69, 9.17) is 4.74 Å². The molecule has 1 aromatic carbocycles. The second kappa shape index (κ2) is 9.69. The van der Waals surface area contributed by atoms with Gasteiger partial charge in [0, 0.05) is 11.4 Å². The van der Waals surface area contributed by atoms with E-state index in [9.17, 15) is 18.4 Å². The zero-order valence-electron chi connectivity index (χ0n) is 16.0. The minimum atomic E-state index is -2.55. The van der Waals surface area contributed by atoms with Crippen LogP contribution in [0.2, 0.25) is 0 Å². The smallest absolute Gasteiger partial charge is 0.333 e. The maximum absolute atomic E-state index is 12.3. The van der Waals surface area contributed by atoms with Crippen molar-refractivity contribution in [2.24, 2.45) is 5.92 Å². The van der Waals surface area contributed by atoms with E-state index in [2.05, 4.69) is 23.1 Å². The predicted octanol–water partition coefficient (Wildman–Crippen LogP) is 3.66. The number of rotatable bonds is 6. The normalized spacial score (nSPS) is 15.5. The van der Waals surface area contributed by atoms with Gasteiger partial charge in [0.05, 0.1) is 4.88 Å². The molecule has 29 heavy (non-hydrogen) atoms. The molecule has 1 aliphatic rings. The van der Waals surface area contributed by atoms with Crippen LogP contribution in [0.25, 0.3) is 0 Å². The average Bonchev–Trinajstić information content (AvgIpc) is 3.12. The number of alkyl halides is 2. The molecule has 1 unspecified atom stereocenters. The highest BCUT2D eigenvalue weighted by Gasteiger charge is 2.20. The first-order chi connectivity index (χ1) is 13.9. The fraction of sp³-hybridized carbons (Fsp3) is 0.400. The number of fused-ring (bicyclic) bond motifs is 1. The summed E-state index contributed by atoms with van der Waals surface area (Å²) in [6, 6.07) is 7.83. The highest BCUT2D eigenvalue weighted by atomic mass is 32.1. The van der Waals surface area contributed by atoms with E-state index < -0.39 is 19.1 Å². The summed E-state index contributed by atoms with van der Waals surface area (Å²) >= 11 is 1.46. The van der Waals surface area contributed by atoms with Crippen LogP contribution in [-0.4, -0.2) is 25.0 Å². The third kappa shape index (κ3) is 6.15. The first kappa shape index (κ1) is 21.0. The van der Waals surface area contributed by atoms with Crippen molar-refractivity contribution in [2.45, 2.75) is 39.2 Å². The van der Waals surface area contributed by atoms with Gasteiger partial charge in [-0.15, -0.1) is 11.3 Å². The van der Waals surface area contributed by atoms with Crippen molar-refractivity contribution in [3.63, 3.8) is 0 Å². The number of thiophene rings is 1. The molecule has 2 aromatic rings. The van der Waals surface area contributed by atoms with Gasteiger partial charge in [-0.05, 0) is 54.5 Å². The van der Waals surface area contributed by atoms with Crippen molar-refractivity contribution in [1.82, 2.24) is 16.2 Å². The standard InChI is InChI=1S/C20H23F2N3O3S/c1-12-5-6-16-14(7-12)9-17(29-16)19(26)24-25-20(27)23-10-13-3-2-4-15(8-13)28-11-18(21)22/h2-4,8-9,12,18H,5-7,10-11H2,1H3,(H,24,26)(H2,23,25,27). The molecule has 0 saturated carbocycles. The van der Waals surface area contributed by atoms with Crippen molar-refractivity contribution in [1.29, 1.82) is 0 Å². The monoisotopic (exact) mass is 423 g/mol. The maximum atomic E-state index is 12.3. The highest BCUT2D eigenvalue weighted by molar-refractivity contribution is 7.14. The lowest BCUT2D eigenvalue weighted by Gasteiger charge is -2.16. The Morgan fingerprint density at radius 1 is 1.28 bits per heavy atom. The molecule has 3 N–H and O–H groups in total. The first-order valence-electron chi connectivity index (χ1n) is 9.36. The lowest BCUT2D eigenvalue weighted by atomic mass is 9.90. The number of ether oxygens (including phenoxy) is 1. The van der Waals surface area contributed by atoms with Crippen molar-refractivity contribution >= 4 is 23.3 Å². The van der Waals surface area contributed by atoms with Gasteiger partial charge in [0.25, 0.3) is 12.3 Å². The molecular formula is C20H23F2N3O3S. The van der Waals surface area contributed by atoms with Gasteiger partial charge in [-0.25, -0.2) is 19.0 Å². The Morgan fingerprint density at radius 3 is 2.90 bits per heavy atom. The summed E-state index contributed by atoms with van der Waals surface area (Å²) in [5, 5.41) is 2.59. The molecule has 0 aliphatic heterocycles. The van der Waals surface area contributed by atoms with Crippen molar-refractivity contribution < 1.29 is 23.1 Å². The summed E-state index contributed by atoms with van der Waals surface area (Å²) < 4.78 is 29.4. The molecule has 0 saturated heterocycles. The fourth-order valence-electron chi connectivity index (χ4n) is 3.12. The lowest BCUT2D eigenvalue weighted by Crippen LogP contribution is -2.46. The number of carbonyl (C=O) groups is 2. The number of benzene rings is 1. The number of urea groups is 1. The number of halogens is 2. The van der Waals surface area contributed by atoms with E-state index >= 15 is 0 Å². The van der Waals surface area contributed by atoms with Gasteiger partial charge in [0.2, 0.25) is 0 Å². The largest absolute Gasteiger partial charge is 0.488 e. The third-order valence-electron chi connectivity index (χ3n) is 4.57. The van der Waals surface area contributed by atoms with Crippen LogP contribution in [0.1, 0.15) is 39.0 Å². The summed E-state index contributed by atoms with van der Waals surface area (Å²) in [6.45, 7) is 1.67. The number of carbonyl (C=O) groups excluding carboxylic acids is 2. The number of aryl methyl sites for hydroxylation is 1. The quantitative estimate of drug-likeness (QED) is 0.621. The summed E-state index contributed by atoms with van der Waals surface area (Å²) in [5.74, 6) is 0.570. The van der Waals surface area contributed by atoms with E-state index in [1.165, 1.54) is 21.8 Å². The van der Waals surface area contributed by atoms with Gasteiger partial charge in [0.1, 0.15) is 12.4 Å². The van der Waals surface area contributed by atoms with Crippen LogP contribution in [0.15, 0.2) is 30.3 Å². The molecule has 0 spiro atoms. The molecule has 3 rings (SSSR count). The van der Waals surface area contributed by atoms with Gasteiger partial charge < -0.3 is 10.1 Å². The maximum Gasteiger partial charge on any atom is 0.333 e. The van der Waals surface area contributed by atoms with Crippen LogP contribution >= 0.6 is 11.3 Å². The first-order valence-corrected chi connectivity index (χ1v) is 10.2. The number of nitrogens with one attached hydrogen (secondary N) is 3. The number of hydrogen-bond donors (Lipinski definition) is 3. The number of hydrogen-bond acceptors (Lipinski definition) is 4. The zero-order valence-corrected chi connectivity index (χ0v) is 16.8. The van der Waals surface area contributed by atoms with Gasteiger partial charge in [0.15, 0.2) is 0 Å². The molecule has 6 nitrogen and oxygen atoms in total. The second-order valence-corrected chi connectivity index (χ2v) is 8.16. The van der Waals surface area contributed by atoms with Gasteiger partial charge >= 0.3 is 6.03 Å². The Labute approximate surface area is 171 Å². The van der Waals surface area contributed by atoms with Crippen molar-refractivity contribution in [2.75, 3.05) is 6.61 Å². The predicted molar refractivity (Wildman–Crippen MR) is 106 cm³/mol. The van der Waals surface area contributed by atoms with E-state index in [-0.39, 0.29) is 12.5 Å². The molecule has 156 valence electrons. The molecule has 1 heterocycles. The topological polar surface area (TPSA) is 79.5 Å². The van der Waals surface area contributed by atoms with E-state index in [1.54, 1.807) is 24.3 Å². The highest BCUT2D eigenvalue weighted by Crippen LogP contribution is 2.32. The Balaban J connectivity index is 1.44. The molecule has 9 heteroatoms. The molecule has 3 amide bonds. The zero-order chi connectivity index (χ0) is 20.8. The molecular weight excluding hydrogens is 400 g/mol. The summed E-state index contributed by atoms with van der Waals surface area (Å²) in [6.07, 6.45) is 0.544. The summed E-state index contributed by atoms with van der Waals surface area (Å²) in [7, 11) is 0. The molecule has 0 radical (unpaired) electrons. The van der Waals surface area contributed by atoms with Crippen LogP contribution < -0.4 is 20.9 Å². The molecule has 1 aromatic heterocycles. The van der Waals surface area contributed by atoms with Crippen LogP contribution in [0.4, 0.5) is 13.6 Å². The number of amides is 3. The van der Waals surface area contributed by atoms with Crippen molar-refractivity contribution in [3.8, 4) is 5.75 Å². The van der Waals surface area contributed by atoms with Crippen LogP contribution in [0.3, 0.4) is 0 Å². The molecule has 0 fully saturated rings. The van der Waals surface area contributed by atoms with Gasteiger partial charge in [-0.3, -0.25) is 10.2 Å². The van der Waals surface area contributed by atoms with E-state index in [0.717, 1.165) is 19.3 Å². The van der Waals surface area contributed by atoms with Crippen LogP contribution in [-0.2, 0) is 19.4 Å². The number of hydrazine groups is 1. The minimum absolute atomic E-state index is 0.152.